The molecule has 0 aromatic heterocycles. The fourth-order valence-electron chi connectivity index (χ4n) is 2.36. The Hall–Kier alpha value is -0.930. The lowest BCUT2D eigenvalue weighted by Crippen LogP contribution is -2.25. The predicted molar refractivity (Wildman–Crippen MR) is 90.7 cm³/mol. The SMILES string of the molecule is CCN(CC)CCCC(C)Nc1cc(Cl)c(N)cc1C. The van der Waals surface area contributed by atoms with E-state index in [2.05, 4.69) is 37.9 Å². The van der Waals surface area contributed by atoms with Crippen molar-refractivity contribution in [2.24, 2.45) is 0 Å². The summed E-state index contributed by atoms with van der Waals surface area (Å²) in [6.07, 6.45) is 2.36. The molecule has 3 N–H and O–H groups in total. The molecule has 20 heavy (non-hydrogen) atoms. The van der Waals surface area contributed by atoms with Crippen molar-refractivity contribution in [2.45, 2.75) is 46.6 Å². The van der Waals surface area contributed by atoms with Crippen molar-refractivity contribution in [3.05, 3.63) is 22.7 Å². The van der Waals surface area contributed by atoms with E-state index in [4.69, 9.17) is 17.3 Å². The molecule has 1 aromatic carbocycles. The van der Waals surface area contributed by atoms with Gasteiger partial charge in [-0.15, -0.1) is 0 Å². The molecule has 4 heteroatoms. The summed E-state index contributed by atoms with van der Waals surface area (Å²) in [5.41, 5.74) is 8.67. The highest BCUT2D eigenvalue weighted by atomic mass is 35.5. The fourth-order valence-corrected chi connectivity index (χ4v) is 2.52. The summed E-state index contributed by atoms with van der Waals surface area (Å²) in [7, 11) is 0. The highest BCUT2D eigenvalue weighted by molar-refractivity contribution is 6.33. The molecule has 0 spiro atoms. The molecule has 3 nitrogen and oxygen atoms in total. The van der Waals surface area contributed by atoms with Gasteiger partial charge in [0.1, 0.15) is 0 Å². The van der Waals surface area contributed by atoms with Crippen LogP contribution in [0.1, 0.15) is 39.2 Å². The van der Waals surface area contributed by atoms with Gasteiger partial charge in [-0.25, -0.2) is 0 Å². The van der Waals surface area contributed by atoms with E-state index in [1.54, 1.807) is 0 Å². The summed E-state index contributed by atoms with van der Waals surface area (Å²) in [4.78, 5) is 2.46. The molecule has 0 radical (unpaired) electrons. The molecule has 114 valence electrons. The van der Waals surface area contributed by atoms with Gasteiger partial charge in [-0.05, 0) is 64.0 Å². The summed E-state index contributed by atoms with van der Waals surface area (Å²) in [6.45, 7) is 12.1. The van der Waals surface area contributed by atoms with Crippen LogP contribution in [0.3, 0.4) is 0 Å². The van der Waals surface area contributed by atoms with Crippen LogP contribution in [0.2, 0.25) is 5.02 Å². The van der Waals surface area contributed by atoms with Gasteiger partial charge in [-0.2, -0.15) is 0 Å². The first-order valence-corrected chi connectivity index (χ1v) is 7.90. The van der Waals surface area contributed by atoms with Crippen LogP contribution in [0.15, 0.2) is 12.1 Å². The molecule has 1 unspecified atom stereocenters. The molecule has 1 aromatic rings. The van der Waals surface area contributed by atoms with E-state index in [1.165, 1.54) is 13.0 Å². The van der Waals surface area contributed by atoms with Crippen molar-refractivity contribution in [1.82, 2.24) is 4.90 Å². The number of benzene rings is 1. The zero-order valence-electron chi connectivity index (χ0n) is 13.2. The van der Waals surface area contributed by atoms with Gasteiger partial charge in [0.25, 0.3) is 0 Å². The largest absolute Gasteiger partial charge is 0.398 e. The van der Waals surface area contributed by atoms with Crippen LogP contribution in [0.5, 0.6) is 0 Å². The first-order chi connectivity index (χ1) is 9.47. The first-order valence-electron chi connectivity index (χ1n) is 7.52. The average molecular weight is 298 g/mol. The number of aryl methyl sites for hydroxylation is 1. The van der Waals surface area contributed by atoms with Crippen molar-refractivity contribution in [1.29, 1.82) is 0 Å². The number of anilines is 2. The second-order valence-corrected chi connectivity index (χ2v) is 5.81. The number of hydrogen-bond donors (Lipinski definition) is 2. The van der Waals surface area contributed by atoms with Gasteiger partial charge >= 0.3 is 0 Å². The average Bonchev–Trinajstić information content (AvgIpc) is 2.41. The van der Waals surface area contributed by atoms with Crippen LogP contribution in [0, 0.1) is 6.92 Å². The number of nitrogens with zero attached hydrogens (tertiary/aromatic N) is 1. The van der Waals surface area contributed by atoms with E-state index < -0.39 is 0 Å². The van der Waals surface area contributed by atoms with Crippen LogP contribution in [-0.4, -0.2) is 30.6 Å². The van der Waals surface area contributed by atoms with E-state index in [-0.39, 0.29) is 0 Å². The smallest absolute Gasteiger partial charge is 0.0656 e. The summed E-state index contributed by atoms with van der Waals surface area (Å²) in [6, 6.07) is 4.28. The molecule has 0 heterocycles. The first kappa shape index (κ1) is 17.1. The maximum absolute atomic E-state index is 6.08. The topological polar surface area (TPSA) is 41.3 Å². The number of hydrogen-bond acceptors (Lipinski definition) is 3. The van der Waals surface area contributed by atoms with Gasteiger partial charge in [0.15, 0.2) is 0 Å². The predicted octanol–water partition coefficient (Wildman–Crippen LogP) is 4.15. The Bertz CT molecular complexity index is 416. The molecule has 1 atom stereocenters. The lowest BCUT2D eigenvalue weighted by atomic mass is 10.1. The second kappa shape index (κ2) is 8.38. The molecular weight excluding hydrogens is 270 g/mol. The van der Waals surface area contributed by atoms with E-state index in [1.807, 2.05) is 12.1 Å². The highest BCUT2D eigenvalue weighted by Crippen LogP contribution is 2.27. The zero-order chi connectivity index (χ0) is 15.1. The second-order valence-electron chi connectivity index (χ2n) is 5.40. The van der Waals surface area contributed by atoms with Gasteiger partial charge < -0.3 is 16.0 Å². The minimum absolute atomic E-state index is 0.434. The van der Waals surface area contributed by atoms with Gasteiger partial charge in [0.2, 0.25) is 0 Å². The third kappa shape index (κ3) is 5.22. The Morgan fingerprint density at radius 2 is 1.95 bits per heavy atom. The summed E-state index contributed by atoms with van der Waals surface area (Å²) in [5, 5.41) is 4.15. The molecule has 0 saturated heterocycles. The molecule has 1 rings (SSSR count). The fraction of sp³-hybridized carbons (Fsp3) is 0.625. The Morgan fingerprint density at radius 3 is 2.55 bits per heavy atom. The van der Waals surface area contributed by atoms with Crippen LogP contribution < -0.4 is 11.1 Å². The normalized spacial score (nSPS) is 12.7. The van der Waals surface area contributed by atoms with Gasteiger partial charge in [-0.1, -0.05) is 25.4 Å². The van der Waals surface area contributed by atoms with Crippen LogP contribution >= 0.6 is 11.6 Å². The van der Waals surface area contributed by atoms with E-state index in [0.717, 1.165) is 30.8 Å². The zero-order valence-corrected chi connectivity index (χ0v) is 13.9. The van der Waals surface area contributed by atoms with Crippen LogP contribution in [-0.2, 0) is 0 Å². The third-order valence-electron chi connectivity index (χ3n) is 3.75. The Labute approximate surface area is 128 Å². The Morgan fingerprint density at radius 1 is 1.30 bits per heavy atom. The minimum Gasteiger partial charge on any atom is -0.398 e. The molecule has 0 aliphatic carbocycles. The standard InChI is InChI=1S/C16H28ClN3/c1-5-20(6-2)9-7-8-13(4)19-16-11-14(17)15(18)10-12(16)3/h10-11,13,19H,5-9,18H2,1-4H3. The van der Waals surface area contributed by atoms with Crippen molar-refractivity contribution in [3.63, 3.8) is 0 Å². The van der Waals surface area contributed by atoms with Crippen molar-refractivity contribution >= 4 is 23.0 Å². The van der Waals surface area contributed by atoms with E-state index in [9.17, 15) is 0 Å². The quantitative estimate of drug-likeness (QED) is 0.708. The van der Waals surface area contributed by atoms with Crippen molar-refractivity contribution in [2.75, 3.05) is 30.7 Å². The molecule has 0 aliphatic heterocycles. The van der Waals surface area contributed by atoms with Gasteiger partial charge in [0, 0.05) is 11.7 Å². The Kier molecular flexibility index (Phi) is 7.17. The number of rotatable bonds is 8. The van der Waals surface area contributed by atoms with E-state index >= 15 is 0 Å². The lowest BCUT2D eigenvalue weighted by molar-refractivity contribution is 0.295. The van der Waals surface area contributed by atoms with E-state index in [0.29, 0.717) is 16.8 Å². The molecule has 0 amide bonds. The summed E-state index contributed by atoms with van der Waals surface area (Å²) in [5.74, 6) is 0. The third-order valence-corrected chi connectivity index (χ3v) is 4.08. The van der Waals surface area contributed by atoms with Gasteiger partial charge in [-0.3, -0.25) is 0 Å². The van der Waals surface area contributed by atoms with Crippen molar-refractivity contribution in [3.8, 4) is 0 Å². The summed E-state index contributed by atoms with van der Waals surface area (Å²) >= 11 is 6.08. The van der Waals surface area contributed by atoms with Crippen molar-refractivity contribution < 1.29 is 0 Å². The maximum atomic E-state index is 6.08. The maximum Gasteiger partial charge on any atom is 0.0656 e. The Balaban J connectivity index is 2.46. The number of nitrogen functional groups attached to an aromatic ring is 1. The van der Waals surface area contributed by atoms with Crippen LogP contribution in [0.4, 0.5) is 11.4 Å². The molecule has 0 fully saturated rings. The van der Waals surface area contributed by atoms with Crippen LogP contribution in [0.25, 0.3) is 0 Å². The minimum atomic E-state index is 0.434. The molecule has 0 aliphatic rings. The molecule has 0 bridgehead atoms. The number of nitrogens with two attached hydrogens (primary N) is 1. The highest BCUT2D eigenvalue weighted by Gasteiger charge is 2.08. The number of halogens is 1. The molecular formula is C16H28ClN3. The summed E-state index contributed by atoms with van der Waals surface area (Å²) < 4.78 is 0. The monoisotopic (exact) mass is 297 g/mol. The lowest BCUT2D eigenvalue weighted by Gasteiger charge is -2.21. The van der Waals surface area contributed by atoms with Gasteiger partial charge in [0.05, 0.1) is 10.7 Å². The molecule has 0 saturated carbocycles. The number of nitrogens with one attached hydrogen (secondary N) is 1.